The van der Waals surface area contributed by atoms with Crippen molar-refractivity contribution < 1.29 is 17.7 Å². The molecule has 0 radical (unpaired) electrons. The van der Waals surface area contributed by atoms with E-state index in [-0.39, 0.29) is 13.2 Å². The standard InChI is InChI=1S/C9H9Cl3O3S.C2H6O/c1-16(13,14)15-3-2-7-8(11)4-6(10)5-9(7)12;1-2-3/h4-5H,2-3H2,1H3;3H,2H2,1H3. The molecule has 110 valence electrons. The number of aliphatic hydroxyl groups is 1. The molecule has 0 aliphatic heterocycles. The lowest BCUT2D eigenvalue weighted by atomic mass is 10.1. The Balaban J connectivity index is 0.000000982. The second-order valence-electron chi connectivity index (χ2n) is 3.44. The average Bonchev–Trinajstić information content (AvgIpc) is 2.21. The molecule has 1 N–H and O–H groups in total. The lowest BCUT2D eigenvalue weighted by Crippen LogP contribution is -2.06. The quantitative estimate of drug-likeness (QED) is 0.848. The minimum Gasteiger partial charge on any atom is -0.397 e. The number of rotatable bonds is 4. The molecule has 4 nitrogen and oxygen atoms in total. The fourth-order valence-electron chi connectivity index (χ4n) is 1.11. The van der Waals surface area contributed by atoms with Crippen LogP contribution in [-0.4, -0.2) is 33.0 Å². The molecule has 0 heterocycles. The molecule has 0 fully saturated rings. The summed E-state index contributed by atoms with van der Waals surface area (Å²) in [6.07, 6.45) is 1.29. The molecule has 0 atom stereocenters. The topological polar surface area (TPSA) is 63.6 Å². The first-order valence-electron chi connectivity index (χ1n) is 5.30. The van der Waals surface area contributed by atoms with Gasteiger partial charge in [-0.1, -0.05) is 34.8 Å². The van der Waals surface area contributed by atoms with Gasteiger partial charge in [-0.2, -0.15) is 8.42 Å². The number of hydrogen-bond donors (Lipinski definition) is 1. The molecule has 0 aliphatic carbocycles. The lowest BCUT2D eigenvalue weighted by molar-refractivity contribution is 0.318. The Morgan fingerprint density at radius 3 is 2.00 bits per heavy atom. The van der Waals surface area contributed by atoms with Crippen LogP contribution in [0.1, 0.15) is 12.5 Å². The molecule has 19 heavy (non-hydrogen) atoms. The molecule has 1 aromatic rings. The van der Waals surface area contributed by atoms with Crippen LogP contribution in [-0.2, 0) is 20.7 Å². The largest absolute Gasteiger partial charge is 0.397 e. The van der Waals surface area contributed by atoms with Crippen molar-refractivity contribution in [3.63, 3.8) is 0 Å². The summed E-state index contributed by atoms with van der Waals surface area (Å²) >= 11 is 17.6. The van der Waals surface area contributed by atoms with Gasteiger partial charge >= 0.3 is 0 Å². The molecule has 0 spiro atoms. The Kier molecular flexibility index (Phi) is 8.98. The van der Waals surface area contributed by atoms with Gasteiger partial charge in [0.05, 0.1) is 12.9 Å². The smallest absolute Gasteiger partial charge is 0.264 e. The molecule has 0 aromatic heterocycles. The van der Waals surface area contributed by atoms with E-state index in [0.29, 0.717) is 27.1 Å². The summed E-state index contributed by atoms with van der Waals surface area (Å²) in [7, 11) is -3.44. The summed E-state index contributed by atoms with van der Waals surface area (Å²) < 4.78 is 26.1. The van der Waals surface area contributed by atoms with Crippen molar-refractivity contribution in [3.8, 4) is 0 Å². The summed E-state index contributed by atoms with van der Waals surface area (Å²) in [4.78, 5) is 0. The predicted octanol–water partition coefficient (Wildman–Crippen LogP) is 3.16. The Bertz CT molecular complexity index is 480. The van der Waals surface area contributed by atoms with Crippen LogP contribution in [0.25, 0.3) is 0 Å². The molecular formula is C11H15Cl3O4S. The third-order valence-corrected chi connectivity index (χ3v) is 3.24. The van der Waals surface area contributed by atoms with Gasteiger partial charge in [-0.15, -0.1) is 0 Å². The average molecular weight is 350 g/mol. The van der Waals surface area contributed by atoms with Crippen LogP contribution in [0.15, 0.2) is 12.1 Å². The number of benzene rings is 1. The van der Waals surface area contributed by atoms with Crippen LogP contribution in [0.5, 0.6) is 0 Å². The molecule has 1 aromatic carbocycles. The summed E-state index contributed by atoms with van der Waals surface area (Å²) in [5, 5.41) is 8.80. The van der Waals surface area contributed by atoms with Crippen LogP contribution < -0.4 is 0 Å². The second-order valence-corrected chi connectivity index (χ2v) is 6.34. The first kappa shape index (κ1) is 19.0. The zero-order valence-corrected chi connectivity index (χ0v) is 13.6. The molecule has 0 saturated heterocycles. The van der Waals surface area contributed by atoms with Crippen LogP contribution in [0.2, 0.25) is 15.1 Å². The number of hydrogen-bond acceptors (Lipinski definition) is 4. The van der Waals surface area contributed by atoms with E-state index < -0.39 is 10.1 Å². The Hall–Kier alpha value is -0.0400. The van der Waals surface area contributed by atoms with Crippen molar-refractivity contribution in [1.82, 2.24) is 0 Å². The van der Waals surface area contributed by atoms with E-state index in [0.717, 1.165) is 6.26 Å². The highest BCUT2D eigenvalue weighted by atomic mass is 35.5. The Morgan fingerprint density at radius 1 is 1.21 bits per heavy atom. The number of halogens is 3. The first-order valence-corrected chi connectivity index (χ1v) is 8.25. The molecule has 0 aliphatic rings. The van der Waals surface area contributed by atoms with Crippen molar-refractivity contribution in [1.29, 1.82) is 0 Å². The molecular weight excluding hydrogens is 335 g/mol. The van der Waals surface area contributed by atoms with Crippen LogP contribution >= 0.6 is 34.8 Å². The van der Waals surface area contributed by atoms with Crippen molar-refractivity contribution >= 4 is 44.9 Å². The van der Waals surface area contributed by atoms with Crippen molar-refractivity contribution in [2.24, 2.45) is 0 Å². The highest BCUT2D eigenvalue weighted by Crippen LogP contribution is 2.29. The van der Waals surface area contributed by atoms with E-state index >= 15 is 0 Å². The summed E-state index contributed by atoms with van der Waals surface area (Å²) in [5.41, 5.74) is 0.622. The Morgan fingerprint density at radius 2 is 1.63 bits per heavy atom. The molecule has 0 amide bonds. The van der Waals surface area contributed by atoms with Gasteiger partial charge in [0.1, 0.15) is 0 Å². The monoisotopic (exact) mass is 348 g/mol. The molecule has 0 saturated carbocycles. The molecule has 0 unspecified atom stereocenters. The minimum absolute atomic E-state index is 0.0000935. The van der Waals surface area contributed by atoms with E-state index in [1.54, 1.807) is 19.1 Å². The molecule has 1 rings (SSSR count). The van der Waals surface area contributed by atoms with Crippen molar-refractivity contribution in [2.75, 3.05) is 19.5 Å². The SMILES string of the molecule is CCO.CS(=O)(=O)OCCc1c(Cl)cc(Cl)cc1Cl. The zero-order chi connectivity index (χ0) is 15.1. The van der Waals surface area contributed by atoms with Gasteiger partial charge in [-0.25, -0.2) is 0 Å². The van der Waals surface area contributed by atoms with Gasteiger partial charge in [0, 0.05) is 28.1 Å². The third kappa shape index (κ3) is 8.68. The van der Waals surface area contributed by atoms with Gasteiger partial charge in [0.25, 0.3) is 10.1 Å². The highest BCUT2D eigenvalue weighted by molar-refractivity contribution is 7.85. The van der Waals surface area contributed by atoms with E-state index in [4.69, 9.17) is 39.9 Å². The van der Waals surface area contributed by atoms with Gasteiger partial charge in [-0.3, -0.25) is 4.18 Å². The van der Waals surface area contributed by atoms with Crippen molar-refractivity contribution in [3.05, 3.63) is 32.8 Å². The van der Waals surface area contributed by atoms with E-state index in [2.05, 4.69) is 4.18 Å². The summed E-state index contributed by atoms with van der Waals surface area (Å²) in [5.74, 6) is 0. The Labute approximate surface area is 128 Å². The number of aliphatic hydroxyl groups excluding tert-OH is 1. The summed E-state index contributed by atoms with van der Waals surface area (Å²) in [6, 6.07) is 3.09. The minimum atomic E-state index is -3.44. The van der Waals surface area contributed by atoms with E-state index in [9.17, 15) is 8.42 Å². The van der Waals surface area contributed by atoms with E-state index in [1.807, 2.05) is 0 Å². The van der Waals surface area contributed by atoms with Gasteiger partial charge in [-0.05, 0) is 24.6 Å². The lowest BCUT2D eigenvalue weighted by Gasteiger charge is -2.07. The van der Waals surface area contributed by atoms with Crippen molar-refractivity contribution in [2.45, 2.75) is 13.3 Å². The fraction of sp³-hybridized carbons (Fsp3) is 0.455. The predicted molar refractivity (Wildman–Crippen MR) is 78.7 cm³/mol. The fourth-order valence-corrected chi connectivity index (χ4v) is 2.50. The highest BCUT2D eigenvalue weighted by Gasteiger charge is 2.09. The maximum absolute atomic E-state index is 10.7. The molecule has 8 heteroatoms. The van der Waals surface area contributed by atoms with Gasteiger partial charge in [0.15, 0.2) is 0 Å². The molecule has 0 bridgehead atoms. The first-order chi connectivity index (χ1) is 8.71. The van der Waals surface area contributed by atoms with E-state index in [1.165, 1.54) is 0 Å². The maximum Gasteiger partial charge on any atom is 0.264 e. The summed E-state index contributed by atoms with van der Waals surface area (Å²) in [6.45, 7) is 1.93. The maximum atomic E-state index is 10.7. The normalized spacial score (nSPS) is 10.8. The van der Waals surface area contributed by atoms with Crippen LogP contribution in [0, 0.1) is 0 Å². The van der Waals surface area contributed by atoms with Gasteiger partial charge < -0.3 is 5.11 Å². The van der Waals surface area contributed by atoms with Gasteiger partial charge in [0.2, 0.25) is 0 Å². The van der Waals surface area contributed by atoms with Crippen LogP contribution in [0.4, 0.5) is 0 Å². The zero-order valence-electron chi connectivity index (χ0n) is 10.5. The second kappa shape index (κ2) is 9.00. The third-order valence-electron chi connectivity index (χ3n) is 1.76. The van der Waals surface area contributed by atoms with Crippen LogP contribution in [0.3, 0.4) is 0 Å².